The summed E-state index contributed by atoms with van der Waals surface area (Å²) in [6, 6.07) is 9.33. The van der Waals surface area contributed by atoms with Gasteiger partial charge >= 0.3 is 16.4 Å². The Morgan fingerprint density at radius 3 is 2.62 bits per heavy atom. The van der Waals surface area contributed by atoms with Crippen LogP contribution in [0.5, 0.6) is 0 Å². The Hall–Kier alpha value is -1.90. The summed E-state index contributed by atoms with van der Waals surface area (Å²) in [6.45, 7) is 0.577. The lowest BCUT2D eigenvalue weighted by atomic mass is 10.2. The smallest absolute Gasteiger partial charge is 0.407 e. The molecule has 0 aromatic heterocycles. The lowest BCUT2D eigenvalue weighted by molar-refractivity contribution is 0.140. The fourth-order valence-electron chi connectivity index (χ4n) is 1.39. The highest BCUT2D eigenvalue weighted by Gasteiger charge is 2.01. The van der Waals surface area contributed by atoms with E-state index in [0.29, 0.717) is 13.0 Å². The van der Waals surface area contributed by atoms with E-state index < -0.39 is 16.4 Å². The van der Waals surface area contributed by atoms with Gasteiger partial charge in [-0.05, 0) is 12.0 Å². The second kappa shape index (κ2) is 9.11. The normalized spacial score (nSPS) is 11.5. The number of hydrogen-bond acceptors (Lipinski definition) is 4. The van der Waals surface area contributed by atoms with Crippen molar-refractivity contribution in [1.29, 1.82) is 0 Å². The molecule has 0 aliphatic heterocycles. The van der Waals surface area contributed by atoms with Crippen molar-refractivity contribution in [2.75, 3.05) is 13.1 Å². The van der Waals surface area contributed by atoms with Crippen LogP contribution in [-0.2, 0) is 21.6 Å². The van der Waals surface area contributed by atoms with Gasteiger partial charge in [0.05, 0.1) is 0 Å². The summed E-state index contributed by atoms with van der Waals surface area (Å²) >= 11 is 0. The van der Waals surface area contributed by atoms with Crippen LogP contribution in [-0.4, -0.2) is 32.2 Å². The maximum atomic E-state index is 11.4. The molecule has 0 unspecified atom stereocenters. The number of ether oxygens (including phenoxy) is 1. The summed E-state index contributed by atoms with van der Waals surface area (Å²) in [6.07, 6.45) is 3.22. The van der Waals surface area contributed by atoms with Gasteiger partial charge in [0.15, 0.2) is 0 Å². The first-order valence-corrected chi connectivity index (χ1v) is 7.73. The first kappa shape index (κ1) is 17.2. The molecule has 0 aliphatic carbocycles. The van der Waals surface area contributed by atoms with E-state index >= 15 is 0 Å². The standard InChI is InChI=1S/C13H18N2O5S/c16-13(20-11-12-7-3-1-4-8-12)14-9-5-2-6-10-15-21(17,18)19/h1-4,6-8,15H,5,9-11H2,(H,14,16)(H,17,18,19). The third kappa shape index (κ3) is 9.61. The van der Waals surface area contributed by atoms with Crippen molar-refractivity contribution in [3.63, 3.8) is 0 Å². The molecule has 0 spiro atoms. The first-order valence-electron chi connectivity index (χ1n) is 6.29. The largest absolute Gasteiger partial charge is 0.445 e. The van der Waals surface area contributed by atoms with E-state index in [2.05, 4.69) is 5.32 Å². The third-order valence-electron chi connectivity index (χ3n) is 2.34. The number of carbonyl (C=O) groups is 1. The molecule has 116 valence electrons. The quantitative estimate of drug-likeness (QED) is 0.380. The maximum Gasteiger partial charge on any atom is 0.407 e. The van der Waals surface area contributed by atoms with Gasteiger partial charge in [-0.1, -0.05) is 42.5 Å². The Bertz CT molecular complexity index is 557. The van der Waals surface area contributed by atoms with Gasteiger partial charge in [-0.3, -0.25) is 4.55 Å². The molecule has 0 bridgehead atoms. The Balaban J connectivity index is 2.07. The average Bonchev–Trinajstić information content (AvgIpc) is 2.44. The van der Waals surface area contributed by atoms with Gasteiger partial charge in [-0.15, -0.1) is 0 Å². The fourth-order valence-corrected chi connectivity index (χ4v) is 1.69. The number of rotatable bonds is 8. The number of amides is 1. The van der Waals surface area contributed by atoms with Crippen molar-refractivity contribution < 1.29 is 22.5 Å². The molecule has 0 saturated heterocycles. The van der Waals surface area contributed by atoms with Gasteiger partial charge in [0.2, 0.25) is 0 Å². The van der Waals surface area contributed by atoms with E-state index in [4.69, 9.17) is 9.29 Å². The Morgan fingerprint density at radius 1 is 1.24 bits per heavy atom. The Labute approximate surface area is 123 Å². The van der Waals surface area contributed by atoms with Gasteiger partial charge in [0, 0.05) is 13.1 Å². The van der Waals surface area contributed by atoms with E-state index in [1.54, 1.807) is 6.08 Å². The highest BCUT2D eigenvalue weighted by atomic mass is 32.2. The highest BCUT2D eigenvalue weighted by Crippen LogP contribution is 2.00. The van der Waals surface area contributed by atoms with Gasteiger partial charge in [0.25, 0.3) is 0 Å². The molecule has 0 heterocycles. The maximum absolute atomic E-state index is 11.4. The summed E-state index contributed by atoms with van der Waals surface area (Å²) in [4.78, 5) is 11.4. The predicted molar refractivity (Wildman–Crippen MR) is 77.9 cm³/mol. The molecule has 1 aromatic carbocycles. The minimum atomic E-state index is -4.16. The zero-order chi connectivity index (χ0) is 15.6. The summed E-state index contributed by atoms with van der Waals surface area (Å²) in [5, 5.41) is 2.56. The number of hydrogen-bond donors (Lipinski definition) is 3. The SMILES string of the molecule is O=C(NCCC=CCNS(=O)(=O)O)OCc1ccccc1. The number of alkyl carbamates (subject to hydrolysis) is 1. The van der Waals surface area contributed by atoms with E-state index in [-0.39, 0.29) is 13.2 Å². The minimum absolute atomic E-state index is 0.00269. The summed E-state index contributed by atoms with van der Waals surface area (Å²) in [5.74, 6) is 0. The van der Waals surface area contributed by atoms with E-state index in [9.17, 15) is 13.2 Å². The zero-order valence-corrected chi connectivity index (χ0v) is 12.2. The summed E-state index contributed by atoms with van der Waals surface area (Å²) in [7, 11) is -4.16. The molecule has 21 heavy (non-hydrogen) atoms. The zero-order valence-electron chi connectivity index (χ0n) is 11.4. The van der Waals surface area contributed by atoms with Crippen LogP contribution in [0.3, 0.4) is 0 Å². The van der Waals surface area contributed by atoms with E-state index in [1.807, 2.05) is 35.1 Å². The predicted octanol–water partition coefficient (Wildman–Crippen LogP) is 1.25. The third-order valence-corrected chi connectivity index (χ3v) is 2.87. The van der Waals surface area contributed by atoms with Crippen LogP contribution >= 0.6 is 0 Å². The lowest BCUT2D eigenvalue weighted by Gasteiger charge is -2.05. The minimum Gasteiger partial charge on any atom is -0.445 e. The molecule has 0 saturated carbocycles. The average molecular weight is 314 g/mol. The van der Waals surface area contributed by atoms with Crippen LogP contribution in [0.4, 0.5) is 4.79 Å². The van der Waals surface area contributed by atoms with Crippen LogP contribution in [0.1, 0.15) is 12.0 Å². The van der Waals surface area contributed by atoms with Crippen molar-refractivity contribution in [2.24, 2.45) is 0 Å². The van der Waals surface area contributed by atoms with Crippen LogP contribution < -0.4 is 10.0 Å². The Kier molecular flexibility index (Phi) is 7.44. The van der Waals surface area contributed by atoms with Crippen LogP contribution in [0.25, 0.3) is 0 Å². The summed E-state index contributed by atoms with van der Waals surface area (Å²) in [5.41, 5.74) is 0.906. The van der Waals surface area contributed by atoms with Crippen molar-refractivity contribution in [3.05, 3.63) is 48.0 Å². The molecular formula is C13H18N2O5S. The van der Waals surface area contributed by atoms with Gasteiger partial charge in [0.1, 0.15) is 6.61 Å². The monoisotopic (exact) mass is 314 g/mol. The summed E-state index contributed by atoms with van der Waals surface area (Å²) < 4.78 is 36.0. The second-order valence-electron chi connectivity index (χ2n) is 4.07. The first-order chi connectivity index (χ1) is 9.97. The molecule has 8 heteroatoms. The molecule has 1 amide bonds. The highest BCUT2D eigenvalue weighted by molar-refractivity contribution is 7.83. The van der Waals surface area contributed by atoms with E-state index in [0.717, 1.165) is 5.56 Å². The van der Waals surface area contributed by atoms with Crippen LogP contribution in [0.2, 0.25) is 0 Å². The topological polar surface area (TPSA) is 105 Å². The lowest BCUT2D eigenvalue weighted by Crippen LogP contribution is -2.25. The molecular weight excluding hydrogens is 296 g/mol. The van der Waals surface area contributed by atoms with Gasteiger partial charge in [-0.2, -0.15) is 13.1 Å². The molecule has 0 aliphatic rings. The molecule has 0 fully saturated rings. The van der Waals surface area contributed by atoms with Gasteiger partial charge in [-0.25, -0.2) is 4.79 Å². The fraction of sp³-hybridized carbons (Fsp3) is 0.308. The second-order valence-corrected chi connectivity index (χ2v) is 5.31. The molecule has 3 N–H and O–H groups in total. The van der Waals surface area contributed by atoms with Crippen molar-refractivity contribution in [3.8, 4) is 0 Å². The van der Waals surface area contributed by atoms with E-state index in [1.165, 1.54) is 6.08 Å². The van der Waals surface area contributed by atoms with Crippen molar-refractivity contribution in [2.45, 2.75) is 13.0 Å². The van der Waals surface area contributed by atoms with Crippen LogP contribution in [0, 0.1) is 0 Å². The Morgan fingerprint density at radius 2 is 1.95 bits per heavy atom. The molecule has 1 aromatic rings. The number of nitrogens with one attached hydrogen (secondary N) is 2. The number of carbonyl (C=O) groups excluding carboxylic acids is 1. The molecule has 0 atom stereocenters. The van der Waals surface area contributed by atoms with Gasteiger partial charge < -0.3 is 10.1 Å². The number of benzene rings is 1. The molecule has 7 nitrogen and oxygen atoms in total. The van der Waals surface area contributed by atoms with Crippen molar-refractivity contribution >= 4 is 16.4 Å². The molecule has 0 radical (unpaired) electrons. The molecule has 1 rings (SSSR count). The van der Waals surface area contributed by atoms with Crippen LogP contribution in [0.15, 0.2) is 42.5 Å². The van der Waals surface area contributed by atoms with Crippen molar-refractivity contribution in [1.82, 2.24) is 10.0 Å².